The maximum atomic E-state index is 12.5. The Morgan fingerprint density at radius 1 is 1.39 bits per heavy atom. The van der Waals surface area contributed by atoms with Crippen molar-refractivity contribution in [2.45, 2.75) is 17.5 Å². The van der Waals surface area contributed by atoms with E-state index in [9.17, 15) is 9.59 Å². The number of hydrogen-bond donors (Lipinski definition) is 2. The molecule has 0 bridgehead atoms. The highest BCUT2D eigenvalue weighted by atomic mass is 79.9. The predicted octanol–water partition coefficient (Wildman–Crippen LogP) is 2.73. The van der Waals surface area contributed by atoms with E-state index in [2.05, 4.69) is 37.1 Å². The van der Waals surface area contributed by atoms with E-state index in [0.717, 1.165) is 10.0 Å². The number of carbonyl (C=O) groups excluding carboxylic acids is 1. The van der Waals surface area contributed by atoms with Crippen LogP contribution in [0.3, 0.4) is 0 Å². The van der Waals surface area contributed by atoms with E-state index in [-0.39, 0.29) is 23.8 Å². The maximum absolute atomic E-state index is 12.5. The van der Waals surface area contributed by atoms with Crippen LogP contribution in [0.1, 0.15) is 23.5 Å². The van der Waals surface area contributed by atoms with Gasteiger partial charge in [0.1, 0.15) is 5.82 Å². The number of fused-ring (bicyclic) bond motifs is 1. The number of thioether (sulfide) groups is 1. The summed E-state index contributed by atoms with van der Waals surface area (Å²) in [4.78, 5) is 31.6. The molecule has 2 heterocycles. The topological polar surface area (TPSA) is 74.8 Å². The monoisotopic (exact) mass is 389 g/mol. The van der Waals surface area contributed by atoms with E-state index in [1.807, 2.05) is 24.3 Å². The number of H-pyrrole nitrogens is 1. The number of nitrogens with zero attached hydrogens (tertiary/aromatic N) is 1. The van der Waals surface area contributed by atoms with Gasteiger partial charge in [-0.05, 0) is 11.6 Å². The van der Waals surface area contributed by atoms with Gasteiger partial charge in [0.2, 0.25) is 5.91 Å². The van der Waals surface area contributed by atoms with E-state index in [0.29, 0.717) is 22.3 Å². The molecular formula is C16H12BrN3O2S. The van der Waals surface area contributed by atoms with Gasteiger partial charge in [-0.25, -0.2) is 4.98 Å². The SMILES string of the molecule is C#CCSc1nc2c(c(=O)[nH]1)C(c1ccccc1Br)CC(=O)N2. The highest BCUT2D eigenvalue weighted by Gasteiger charge is 2.31. The van der Waals surface area contributed by atoms with Crippen molar-refractivity contribution >= 4 is 39.4 Å². The number of hydrogen-bond acceptors (Lipinski definition) is 4. The molecule has 1 aromatic heterocycles. The van der Waals surface area contributed by atoms with Crippen molar-refractivity contribution in [2.24, 2.45) is 0 Å². The number of amides is 1. The van der Waals surface area contributed by atoms with E-state index < -0.39 is 0 Å². The van der Waals surface area contributed by atoms with Gasteiger partial charge in [-0.2, -0.15) is 0 Å². The average Bonchev–Trinajstić information content (AvgIpc) is 2.52. The summed E-state index contributed by atoms with van der Waals surface area (Å²) >= 11 is 4.73. The van der Waals surface area contributed by atoms with Crippen LogP contribution < -0.4 is 10.9 Å². The Morgan fingerprint density at radius 2 is 2.17 bits per heavy atom. The van der Waals surface area contributed by atoms with Crippen LogP contribution in [0, 0.1) is 12.3 Å². The predicted molar refractivity (Wildman–Crippen MR) is 93.6 cm³/mol. The van der Waals surface area contributed by atoms with Gasteiger partial charge in [0.25, 0.3) is 5.56 Å². The third-order valence-electron chi connectivity index (χ3n) is 3.50. The zero-order chi connectivity index (χ0) is 16.4. The number of nitrogens with one attached hydrogen (secondary N) is 2. The summed E-state index contributed by atoms with van der Waals surface area (Å²) in [6.07, 6.45) is 5.43. The Morgan fingerprint density at radius 3 is 2.91 bits per heavy atom. The summed E-state index contributed by atoms with van der Waals surface area (Å²) in [5, 5.41) is 3.09. The third-order valence-corrected chi connectivity index (χ3v) is 5.00. The molecule has 0 saturated heterocycles. The molecule has 23 heavy (non-hydrogen) atoms. The fraction of sp³-hybridized carbons (Fsp3) is 0.188. The van der Waals surface area contributed by atoms with Crippen LogP contribution in [0.5, 0.6) is 0 Å². The summed E-state index contributed by atoms with van der Waals surface area (Å²) in [5.74, 6) is 2.68. The number of carbonyl (C=O) groups is 1. The van der Waals surface area contributed by atoms with Gasteiger partial charge in [0, 0.05) is 16.8 Å². The molecule has 0 fully saturated rings. The van der Waals surface area contributed by atoms with Crippen molar-refractivity contribution in [1.29, 1.82) is 0 Å². The van der Waals surface area contributed by atoms with Crippen LogP contribution in [0.4, 0.5) is 5.82 Å². The van der Waals surface area contributed by atoms with Crippen molar-refractivity contribution in [2.75, 3.05) is 11.1 Å². The fourth-order valence-corrected chi connectivity index (χ4v) is 3.65. The second kappa shape index (κ2) is 6.60. The number of rotatable bonds is 3. The molecule has 5 nitrogen and oxygen atoms in total. The lowest BCUT2D eigenvalue weighted by atomic mass is 9.87. The van der Waals surface area contributed by atoms with Gasteiger partial charge in [0.15, 0.2) is 5.16 Å². The Balaban J connectivity index is 2.11. The highest BCUT2D eigenvalue weighted by molar-refractivity contribution is 9.10. The fourth-order valence-electron chi connectivity index (χ4n) is 2.55. The largest absolute Gasteiger partial charge is 0.310 e. The second-order valence-electron chi connectivity index (χ2n) is 4.95. The van der Waals surface area contributed by atoms with E-state index >= 15 is 0 Å². The van der Waals surface area contributed by atoms with Crippen LogP contribution in [-0.2, 0) is 4.79 Å². The van der Waals surface area contributed by atoms with Crippen LogP contribution in [-0.4, -0.2) is 21.6 Å². The Bertz CT molecular complexity index is 872. The minimum Gasteiger partial charge on any atom is -0.310 e. The van der Waals surface area contributed by atoms with Gasteiger partial charge in [-0.15, -0.1) is 6.42 Å². The number of anilines is 1. The summed E-state index contributed by atoms with van der Waals surface area (Å²) in [6.45, 7) is 0. The second-order valence-corrected chi connectivity index (χ2v) is 6.77. The number of aromatic amines is 1. The third kappa shape index (κ3) is 3.19. The zero-order valence-corrected chi connectivity index (χ0v) is 14.3. The lowest BCUT2D eigenvalue weighted by Gasteiger charge is -2.25. The van der Waals surface area contributed by atoms with Crippen LogP contribution >= 0.6 is 27.7 Å². The minimum absolute atomic E-state index is 0.163. The first-order valence-electron chi connectivity index (χ1n) is 6.85. The molecule has 2 aromatic rings. The van der Waals surface area contributed by atoms with Gasteiger partial charge in [-0.1, -0.05) is 51.8 Å². The molecule has 7 heteroatoms. The molecule has 0 spiro atoms. The van der Waals surface area contributed by atoms with Crippen molar-refractivity contribution in [1.82, 2.24) is 9.97 Å². The summed E-state index contributed by atoms with van der Waals surface area (Å²) in [6, 6.07) is 7.56. The van der Waals surface area contributed by atoms with Crippen molar-refractivity contribution in [3.63, 3.8) is 0 Å². The van der Waals surface area contributed by atoms with Crippen molar-refractivity contribution < 1.29 is 4.79 Å². The standard InChI is InChI=1S/C16H12BrN3O2S/c1-2-7-23-16-19-14-13(15(22)20-16)10(8-12(21)18-14)9-5-3-4-6-11(9)17/h1,3-6,10H,7-8H2,(H2,18,19,20,21,22). The molecule has 0 saturated carbocycles. The van der Waals surface area contributed by atoms with E-state index in [1.165, 1.54) is 11.8 Å². The van der Waals surface area contributed by atoms with E-state index in [4.69, 9.17) is 6.42 Å². The molecule has 3 rings (SSSR count). The average molecular weight is 390 g/mol. The molecule has 1 unspecified atom stereocenters. The normalized spacial score (nSPS) is 16.3. The van der Waals surface area contributed by atoms with Gasteiger partial charge < -0.3 is 10.3 Å². The van der Waals surface area contributed by atoms with E-state index in [1.54, 1.807) is 0 Å². The number of halogens is 1. The molecule has 1 atom stereocenters. The Labute approximate surface area is 145 Å². The molecule has 116 valence electrons. The maximum Gasteiger partial charge on any atom is 0.257 e. The molecule has 1 aliphatic rings. The Hall–Kier alpha value is -2.04. The molecule has 1 amide bonds. The highest BCUT2D eigenvalue weighted by Crippen LogP contribution is 2.37. The summed E-state index contributed by atoms with van der Waals surface area (Å²) < 4.78 is 0.857. The lowest BCUT2D eigenvalue weighted by Crippen LogP contribution is -2.31. The molecule has 0 radical (unpaired) electrons. The number of terminal acetylenes is 1. The lowest BCUT2D eigenvalue weighted by molar-refractivity contribution is -0.116. The first kappa shape index (κ1) is 15.8. The number of benzene rings is 1. The number of aromatic nitrogens is 2. The molecule has 1 aliphatic heterocycles. The summed E-state index contributed by atoms with van der Waals surface area (Å²) in [5.41, 5.74) is 1.11. The van der Waals surface area contributed by atoms with Gasteiger partial charge in [0.05, 0.1) is 11.3 Å². The molecule has 1 aromatic carbocycles. The Kier molecular flexibility index (Phi) is 4.55. The van der Waals surface area contributed by atoms with Crippen molar-refractivity contribution in [3.05, 3.63) is 50.2 Å². The van der Waals surface area contributed by atoms with Gasteiger partial charge >= 0.3 is 0 Å². The molecule has 2 N–H and O–H groups in total. The van der Waals surface area contributed by atoms with Crippen LogP contribution in [0.15, 0.2) is 38.7 Å². The first-order chi connectivity index (χ1) is 11.1. The first-order valence-corrected chi connectivity index (χ1v) is 8.62. The zero-order valence-electron chi connectivity index (χ0n) is 11.9. The quantitative estimate of drug-likeness (QED) is 0.480. The molecule has 0 aliphatic carbocycles. The van der Waals surface area contributed by atoms with Crippen LogP contribution in [0.25, 0.3) is 0 Å². The molecular weight excluding hydrogens is 378 g/mol. The summed E-state index contributed by atoms with van der Waals surface area (Å²) in [7, 11) is 0. The smallest absolute Gasteiger partial charge is 0.257 e. The van der Waals surface area contributed by atoms with Crippen molar-refractivity contribution in [3.8, 4) is 12.3 Å². The van der Waals surface area contributed by atoms with Gasteiger partial charge in [-0.3, -0.25) is 9.59 Å². The van der Waals surface area contributed by atoms with Crippen LogP contribution in [0.2, 0.25) is 0 Å². The minimum atomic E-state index is -0.336.